The number of aromatic amines is 2. The van der Waals surface area contributed by atoms with Gasteiger partial charge in [-0.15, -0.1) is 0 Å². The number of H-pyrrole nitrogens is 2. The number of nitrogens with one attached hydrogen (secondary N) is 3. The van der Waals surface area contributed by atoms with Gasteiger partial charge in [0, 0.05) is 29.1 Å². The molecule has 0 aromatic carbocycles. The van der Waals surface area contributed by atoms with E-state index in [1.165, 1.54) is 11.6 Å². The van der Waals surface area contributed by atoms with Crippen molar-refractivity contribution in [2.75, 3.05) is 0 Å². The van der Waals surface area contributed by atoms with E-state index in [0.29, 0.717) is 12.0 Å². The van der Waals surface area contributed by atoms with Gasteiger partial charge in [-0.05, 0) is 24.5 Å². The zero-order chi connectivity index (χ0) is 16.1. The van der Waals surface area contributed by atoms with Gasteiger partial charge in [0.2, 0.25) is 0 Å². The third-order valence-corrected chi connectivity index (χ3v) is 3.99. The molecule has 0 fully saturated rings. The highest BCUT2D eigenvalue weighted by atomic mass is 19.1. The van der Waals surface area contributed by atoms with Crippen LogP contribution >= 0.6 is 0 Å². The number of aromatic nitrogens is 4. The average Bonchev–Trinajstić information content (AvgIpc) is 3.25. The lowest BCUT2D eigenvalue weighted by Crippen LogP contribution is -2.18. The Morgan fingerprint density at radius 1 is 1.30 bits per heavy atom. The third-order valence-electron chi connectivity index (χ3n) is 3.99. The van der Waals surface area contributed by atoms with Crippen LogP contribution in [0.2, 0.25) is 0 Å². The number of halogens is 1. The predicted molar refractivity (Wildman–Crippen MR) is 88.8 cm³/mol. The fourth-order valence-corrected chi connectivity index (χ4v) is 2.77. The predicted octanol–water partition coefficient (Wildman–Crippen LogP) is 3.88. The fourth-order valence-electron chi connectivity index (χ4n) is 2.77. The lowest BCUT2D eigenvalue weighted by molar-refractivity contribution is 0.721. The summed E-state index contributed by atoms with van der Waals surface area (Å²) in [4.78, 5) is 0. The molecule has 23 heavy (non-hydrogen) atoms. The van der Waals surface area contributed by atoms with Gasteiger partial charge in [0.15, 0.2) is 0 Å². The number of rotatable bonds is 6. The molecule has 0 amide bonds. The molecule has 3 rings (SSSR count). The van der Waals surface area contributed by atoms with Crippen molar-refractivity contribution in [2.24, 2.45) is 0 Å². The number of hydrogen-bond acceptors (Lipinski definition) is 3. The molecule has 1 atom stereocenters. The second kappa shape index (κ2) is 7.09. The highest BCUT2D eigenvalue weighted by molar-refractivity contribution is 5.83. The third kappa shape index (κ3) is 3.26. The minimum Gasteiger partial charge on any atom is -0.380 e. The Hall–Kier alpha value is -2.63. The number of hydrogen-bond donors (Lipinski definition) is 3. The van der Waals surface area contributed by atoms with Crippen molar-refractivity contribution in [3.05, 3.63) is 59.6 Å². The first-order chi connectivity index (χ1) is 11.3. The molecule has 0 bridgehead atoms. The highest BCUT2D eigenvalue weighted by Crippen LogP contribution is 2.34. The number of dihydropyridines is 1. The van der Waals surface area contributed by atoms with Crippen molar-refractivity contribution in [1.29, 1.82) is 0 Å². The van der Waals surface area contributed by atoms with E-state index in [-0.39, 0.29) is 6.04 Å². The molecule has 3 N–H and O–H groups in total. The van der Waals surface area contributed by atoms with E-state index in [9.17, 15) is 4.39 Å². The maximum atomic E-state index is 12.6. The fraction of sp³-hybridized carbons (Fsp3) is 0.294. The number of unbranched alkanes of at least 4 members (excludes halogenated alkanes) is 1. The van der Waals surface area contributed by atoms with Gasteiger partial charge in [-0.25, -0.2) is 4.39 Å². The number of allylic oxidation sites excluding steroid dienone is 2. The summed E-state index contributed by atoms with van der Waals surface area (Å²) >= 11 is 0. The minimum atomic E-state index is 0.0939. The molecule has 0 saturated heterocycles. The van der Waals surface area contributed by atoms with Gasteiger partial charge < -0.3 is 5.32 Å². The molecule has 2 aromatic rings. The zero-order valence-electron chi connectivity index (χ0n) is 13.0. The van der Waals surface area contributed by atoms with Gasteiger partial charge in [-0.3, -0.25) is 10.2 Å². The van der Waals surface area contributed by atoms with Crippen LogP contribution in [0.15, 0.2) is 42.8 Å². The lowest BCUT2D eigenvalue weighted by Gasteiger charge is -2.23. The molecule has 0 saturated carbocycles. The summed E-state index contributed by atoms with van der Waals surface area (Å²) in [5.41, 5.74) is 4.96. The topological polar surface area (TPSA) is 69.4 Å². The van der Waals surface area contributed by atoms with Crippen LogP contribution in [0.1, 0.15) is 49.0 Å². The van der Waals surface area contributed by atoms with Crippen molar-refractivity contribution in [1.82, 2.24) is 25.7 Å². The lowest BCUT2D eigenvalue weighted by atomic mass is 9.90. The van der Waals surface area contributed by atoms with E-state index in [1.807, 2.05) is 18.6 Å². The second-order valence-electron chi connectivity index (χ2n) is 5.52. The quantitative estimate of drug-likeness (QED) is 0.758. The van der Waals surface area contributed by atoms with Gasteiger partial charge in [0.25, 0.3) is 0 Å². The SMILES string of the molecule is CCCCC1=CC(c2cn[nH]c2)NC=C1c1cn[nH]c1/C=C/F. The Bertz CT molecular complexity index is 724. The Morgan fingerprint density at radius 2 is 2.22 bits per heavy atom. The summed E-state index contributed by atoms with van der Waals surface area (Å²) in [7, 11) is 0. The van der Waals surface area contributed by atoms with E-state index in [4.69, 9.17) is 0 Å². The van der Waals surface area contributed by atoms with E-state index in [0.717, 1.165) is 36.0 Å². The van der Waals surface area contributed by atoms with Crippen molar-refractivity contribution in [3.63, 3.8) is 0 Å². The van der Waals surface area contributed by atoms with Crippen LogP contribution in [-0.2, 0) is 0 Å². The first-order valence-electron chi connectivity index (χ1n) is 7.80. The van der Waals surface area contributed by atoms with Gasteiger partial charge in [-0.2, -0.15) is 10.2 Å². The Balaban J connectivity index is 1.93. The van der Waals surface area contributed by atoms with Crippen LogP contribution < -0.4 is 5.32 Å². The molecule has 1 aliphatic rings. The van der Waals surface area contributed by atoms with Crippen LogP contribution in [0, 0.1) is 0 Å². The summed E-state index contributed by atoms with van der Waals surface area (Å²) in [6.45, 7) is 2.17. The van der Waals surface area contributed by atoms with Crippen LogP contribution in [0.5, 0.6) is 0 Å². The molecule has 0 radical (unpaired) electrons. The van der Waals surface area contributed by atoms with Crippen molar-refractivity contribution >= 4 is 11.6 Å². The van der Waals surface area contributed by atoms with Crippen LogP contribution in [0.25, 0.3) is 11.6 Å². The maximum absolute atomic E-state index is 12.6. The van der Waals surface area contributed by atoms with E-state index >= 15 is 0 Å². The van der Waals surface area contributed by atoms with E-state index in [1.54, 1.807) is 6.20 Å². The van der Waals surface area contributed by atoms with Crippen molar-refractivity contribution in [3.8, 4) is 0 Å². The van der Waals surface area contributed by atoms with Gasteiger partial charge >= 0.3 is 0 Å². The molecule has 0 aliphatic carbocycles. The second-order valence-corrected chi connectivity index (χ2v) is 5.52. The van der Waals surface area contributed by atoms with Crippen molar-refractivity contribution < 1.29 is 4.39 Å². The number of nitrogens with zero attached hydrogens (tertiary/aromatic N) is 2. The molecule has 6 heteroatoms. The molecule has 3 heterocycles. The first kappa shape index (κ1) is 15.3. The smallest absolute Gasteiger partial charge is 0.0888 e. The summed E-state index contributed by atoms with van der Waals surface area (Å²) in [6.07, 6.45) is 14.8. The van der Waals surface area contributed by atoms with Crippen LogP contribution in [-0.4, -0.2) is 20.4 Å². The molecule has 1 unspecified atom stereocenters. The summed E-state index contributed by atoms with van der Waals surface area (Å²) in [5.74, 6) is 0. The molecule has 120 valence electrons. The zero-order valence-corrected chi connectivity index (χ0v) is 13.0. The molecular formula is C17H20FN5. The molecule has 1 aliphatic heterocycles. The maximum Gasteiger partial charge on any atom is 0.0888 e. The summed E-state index contributed by atoms with van der Waals surface area (Å²) in [5, 5.41) is 17.1. The van der Waals surface area contributed by atoms with Gasteiger partial charge in [-0.1, -0.05) is 19.4 Å². The molecular weight excluding hydrogens is 293 g/mol. The largest absolute Gasteiger partial charge is 0.380 e. The monoisotopic (exact) mass is 313 g/mol. The van der Waals surface area contributed by atoms with Gasteiger partial charge in [0.05, 0.1) is 30.5 Å². The van der Waals surface area contributed by atoms with Gasteiger partial charge in [0.1, 0.15) is 0 Å². The Morgan fingerprint density at radius 3 is 2.96 bits per heavy atom. The van der Waals surface area contributed by atoms with E-state index < -0.39 is 0 Å². The standard InChI is InChI=1S/C17H20FN5/c1-2-3-4-12-7-17(13-8-20-21-9-13)19-10-14(12)15-11-22-23-16(15)5-6-18/h5-11,17,19H,2-4H2,1H3,(H,20,21)(H,22,23)/b6-5+. The highest BCUT2D eigenvalue weighted by Gasteiger charge is 2.20. The van der Waals surface area contributed by atoms with Crippen LogP contribution in [0.3, 0.4) is 0 Å². The Kier molecular flexibility index (Phi) is 4.71. The molecule has 5 nitrogen and oxygen atoms in total. The molecule has 0 spiro atoms. The Labute approximate surface area is 134 Å². The normalized spacial score (nSPS) is 17.9. The van der Waals surface area contributed by atoms with E-state index in [2.05, 4.69) is 38.7 Å². The molecule has 2 aromatic heterocycles. The minimum absolute atomic E-state index is 0.0939. The summed E-state index contributed by atoms with van der Waals surface area (Å²) < 4.78 is 12.6. The van der Waals surface area contributed by atoms with Crippen LogP contribution in [0.4, 0.5) is 4.39 Å². The first-order valence-corrected chi connectivity index (χ1v) is 7.80. The average molecular weight is 313 g/mol. The van der Waals surface area contributed by atoms with Crippen molar-refractivity contribution in [2.45, 2.75) is 32.2 Å². The summed E-state index contributed by atoms with van der Waals surface area (Å²) in [6, 6.07) is 0.0939.